The number of rotatable bonds is 8. The lowest BCUT2D eigenvalue weighted by atomic mass is 10.0. The maximum absolute atomic E-state index is 13.3. The second-order valence-electron chi connectivity index (χ2n) is 6.27. The monoisotopic (exact) mass is 400 g/mol. The van der Waals surface area contributed by atoms with Crippen molar-refractivity contribution < 1.29 is 28.5 Å². The zero-order valence-corrected chi connectivity index (χ0v) is 15.7. The minimum Gasteiger partial charge on any atom is -0.484 e. The predicted octanol–water partition coefficient (Wildman–Crippen LogP) is 2.35. The highest BCUT2D eigenvalue weighted by Gasteiger charge is 2.27. The summed E-state index contributed by atoms with van der Waals surface area (Å²) in [6, 6.07) is 3.91. The number of hydrogen-bond donors (Lipinski definition) is 2. The van der Waals surface area contributed by atoms with Crippen molar-refractivity contribution in [1.82, 2.24) is 10.6 Å². The second-order valence-corrected chi connectivity index (χ2v) is 6.67. The van der Waals surface area contributed by atoms with E-state index in [1.165, 1.54) is 12.1 Å². The van der Waals surface area contributed by atoms with Crippen molar-refractivity contribution in [3.05, 3.63) is 41.3 Å². The van der Waals surface area contributed by atoms with E-state index < -0.39 is 11.9 Å². The summed E-state index contributed by atoms with van der Waals surface area (Å²) in [6.45, 7) is 6.16. The molecule has 2 unspecified atom stereocenters. The SMILES string of the molecule is C=C(CCNC(=O)COc1ccc(Cl)c(F)c1)NC(=O)C1CC(C)COO1. The molecule has 0 saturated carbocycles. The Morgan fingerprint density at radius 2 is 2.22 bits per heavy atom. The van der Waals surface area contributed by atoms with Gasteiger partial charge in [-0.05, 0) is 24.5 Å². The smallest absolute Gasteiger partial charge is 0.257 e. The third kappa shape index (κ3) is 7.16. The van der Waals surface area contributed by atoms with Crippen LogP contribution in [-0.4, -0.2) is 37.7 Å². The number of amides is 2. The highest BCUT2D eigenvalue weighted by atomic mass is 35.5. The van der Waals surface area contributed by atoms with E-state index in [2.05, 4.69) is 17.2 Å². The van der Waals surface area contributed by atoms with E-state index in [1.807, 2.05) is 6.92 Å². The molecule has 27 heavy (non-hydrogen) atoms. The molecule has 9 heteroatoms. The Morgan fingerprint density at radius 1 is 1.44 bits per heavy atom. The van der Waals surface area contributed by atoms with Gasteiger partial charge in [0.05, 0.1) is 11.6 Å². The largest absolute Gasteiger partial charge is 0.484 e. The quantitative estimate of drug-likeness (QED) is 0.654. The molecule has 0 aliphatic carbocycles. The van der Waals surface area contributed by atoms with Gasteiger partial charge in [0.15, 0.2) is 12.7 Å². The molecule has 0 radical (unpaired) electrons. The molecular formula is C18H22ClFN2O5. The summed E-state index contributed by atoms with van der Waals surface area (Å²) in [5.41, 5.74) is 0.447. The van der Waals surface area contributed by atoms with Crippen molar-refractivity contribution in [2.75, 3.05) is 19.8 Å². The lowest BCUT2D eigenvalue weighted by Crippen LogP contribution is -2.40. The standard InChI is InChI=1S/C18H22ClFN2O5/c1-11-7-16(27-26-9-11)18(24)22-12(2)5-6-21-17(23)10-25-13-3-4-14(19)15(20)8-13/h3-4,8,11,16H,2,5-7,9-10H2,1H3,(H,21,23)(H,22,24). The number of benzene rings is 1. The van der Waals surface area contributed by atoms with Crippen molar-refractivity contribution in [3.8, 4) is 5.75 Å². The molecule has 0 spiro atoms. The van der Waals surface area contributed by atoms with Crippen LogP contribution in [0.15, 0.2) is 30.5 Å². The topological polar surface area (TPSA) is 85.9 Å². The normalized spacial score (nSPS) is 19.2. The summed E-state index contributed by atoms with van der Waals surface area (Å²) in [6.07, 6.45) is 0.238. The lowest BCUT2D eigenvalue weighted by Gasteiger charge is -2.25. The van der Waals surface area contributed by atoms with Crippen LogP contribution in [0.4, 0.5) is 4.39 Å². The predicted molar refractivity (Wildman–Crippen MR) is 96.4 cm³/mol. The summed E-state index contributed by atoms with van der Waals surface area (Å²) in [7, 11) is 0. The first-order chi connectivity index (χ1) is 12.8. The Hall–Kier alpha value is -2.16. The second kappa shape index (κ2) is 10.2. The van der Waals surface area contributed by atoms with Gasteiger partial charge in [-0.25, -0.2) is 14.2 Å². The average Bonchev–Trinajstić information content (AvgIpc) is 2.62. The minimum absolute atomic E-state index is 0.0213. The van der Waals surface area contributed by atoms with Gasteiger partial charge in [-0.3, -0.25) is 9.59 Å². The molecule has 1 fully saturated rings. The van der Waals surface area contributed by atoms with Gasteiger partial charge >= 0.3 is 0 Å². The van der Waals surface area contributed by atoms with Crippen LogP contribution >= 0.6 is 11.6 Å². The number of hydrogen-bond acceptors (Lipinski definition) is 5. The van der Waals surface area contributed by atoms with Gasteiger partial charge in [0.25, 0.3) is 11.8 Å². The number of ether oxygens (including phenoxy) is 1. The molecule has 2 N–H and O–H groups in total. The molecular weight excluding hydrogens is 379 g/mol. The number of carbonyl (C=O) groups is 2. The van der Waals surface area contributed by atoms with Crippen molar-refractivity contribution >= 4 is 23.4 Å². The maximum atomic E-state index is 13.3. The number of nitrogens with one attached hydrogen (secondary N) is 2. The van der Waals surface area contributed by atoms with Gasteiger partial charge in [-0.15, -0.1) is 0 Å². The zero-order valence-electron chi connectivity index (χ0n) is 14.9. The van der Waals surface area contributed by atoms with E-state index in [0.717, 1.165) is 6.07 Å². The van der Waals surface area contributed by atoms with Gasteiger partial charge in [0.2, 0.25) is 0 Å². The Morgan fingerprint density at radius 3 is 2.93 bits per heavy atom. The molecule has 1 aromatic rings. The fraction of sp³-hybridized carbons (Fsp3) is 0.444. The summed E-state index contributed by atoms with van der Waals surface area (Å²) in [5.74, 6) is -0.902. The van der Waals surface area contributed by atoms with Gasteiger partial charge in [-0.1, -0.05) is 25.1 Å². The lowest BCUT2D eigenvalue weighted by molar-refractivity contribution is -0.345. The first-order valence-corrected chi connectivity index (χ1v) is 8.84. The average molecular weight is 401 g/mol. The fourth-order valence-corrected chi connectivity index (χ4v) is 2.42. The van der Waals surface area contributed by atoms with Crippen molar-refractivity contribution in [3.63, 3.8) is 0 Å². The Bertz CT molecular complexity index is 700. The van der Waals surface area contributed by atoms with Crippen LogP contribution in [0, 0.1) is 11.7 Å². The minimum atomic E-state index is -0.673. The molecule has 2 atom stereocenters. The van der Waals surface area contributed by atoms with Crippen LogP contribution in [0.2, 0.25) is 5.02 Å². The molecule has 1 saturated heterocycles. The van der Waals surface area contributed by atoms with E-state index in [4.69, 9.17) is 26.1 Å². The molecule has 1 aliphatic heterocycles. The first kappa shape index (κ1) is 21.1. The fourth-order valence-electron chi connectivity index (χ4n) is 2.30. The van der Waals surface area contributed by atoms with E-state index in [0.29, 0.717) is 25.1 Å². The van der Waals surface area contributed by atoms with Crippen LogP contribution in [0.1, 0.15) is 19.8 Å². The molecule has 148 valence electrons. The third-order valence-corrected chi connectivity index (χ3v) is 4.06. The Labute approximate surface area is 161 Å². The van der Waals surface area contributed by atoms with Crippen molar-refractivity contribution in [2.45, 2.75) is 25.9 Å². The highest BCUT2D eigenvalue weighted by molar-refractivity contribution is 6.30. The van der Waals surface area contributed by atoms with Crippen molar-refractivity contribution in [2.24, 2.45) is 5.92 Å². The van der Waals surface area contributed by atoms with E-state index in [9.17, 15) is 14.0 Å². The van der Waals surface area contributed by atoms with Crippen LogP contribution in [0.5, 0.6) is 5.75 Å². The van der Waals surface area contributed by atoms with Crippen LogP contribution in [-0.2, 0) is 19.4 Å². The highest BCUT2D eigenvalue weighted by Crippen LogP contribution is 2.20. The molecule has 0 aromatic heterocycles. The maximum Gasteiger partial charge on any atom is 0.257 e. The Balaban J connectivity index is 1.63. The molecule has 2 amide bonds. The zero-order chi connectivity index (χ0) is 19.8. The first-order valence-electron chi connectivity index (χ1n) is 8.46. The van der Waals surface area contributed by atoms with Gasteiger partial charge in [0, 0.05) is 24.7 Å². The molecule has 0 bridgehead atoms. The molecule has 2 rings (SSSR count). The van der Waals surface area contributed by atoms with Crippen LogP contribution in [0.25, 0.3) is 0 Å². The van der Waals surface area contributed by atoms with E-state index >= 15 is 0 Å². The summed E-state index contributed by atoms with van der Waals surface area (Å²) < 4.78 is 18.5. The van der Waals surface area contributed by atoms with E-state index in [-0.39, 0.29) is 41.7 Å². The molecule has 1 aromatic carbocycles. The van der Waals surface area contributed by atoms with Crippen LogP contribution < -0.4 is 15.4 Å². The molecule has 1 heterocycles. The van der Waals surface area contributed by atoms with E-state index in [1.54, 1.807) is 0 Å². The molecule has 7 nitrogen and oxygen atoms in total. The van der Waals surface area contributed by atoms with Crippen molar-refractivity contribution in [1.29, 1.82) is 0 Å². The van der Waals surface area contributed by atoms with Crippen LogP contribution in [0.3, 0.4) is 0 Å². The number of carbonyl (C=O) groups excluding carboxylic acids is 2. The summed E-state index contributed by atoms with van der Waals surface area (Å²) >= 11 is 5.57. The van der Waals surface area contributed by atoms with Gasteiger partial charge in [-0.2, -0.15) is 0 Å². The van der Waals surface area contributed by atoms with Gasteiger partial charge in [0.1, 0.15) is 11.6 Å². The van der Waals surface area contributed by atoms with Gasteiger partial charge < -0.3 is 15.4 Å². The summed E-state index contributed by atoms with van der Waals surface area (Å²) in [5, 5.41) is 5.23. The Kier molecular flexibility index (Phi) is 8.02. The third-order valence-electron chi connectivity index (χ3n) is 3.76. The molecule has 1 aliphatic rings. The summed E-state index contributed by atoms with van der Waals surface area (Å²) in [4.78, 5) is 33.6. The number of halogens is 2.